The summed E-state index contributed by atoms with van der Waals surface area (Å²) < 4.78 is 22.5. The van der Waals surface area contributed by atoms with E-state index in [1.807, 2.05) is 0 Å². The van der Waals surface area contributed by atoms with Crippen molar-refractivity contribution in [1.29, 1.82) is 0 Å². The molecule has 4 nitrogen and oxygen atoms in total. The largest absolute Gasteiger partial charge is 0.498 e. The van der Waals surface area contributed by atoms with E-state index in [1.165, 1.54) is 38.6 Å². The van der Waals surface area contributed by atoms with Crippen molar-refractivity contribution in [2.45, 2.75) is 44.3 Å². The van der Waals surface area contributed by atoms with Crippen LogP contribution in [0, 0.1) is 0 Å². The van der Waals surface area contributed by atoms with E-state index in [4.69, 9.17) is 14.0 Å². The van der Waals surface area contributed by atoms with Gasteiger partial charge in [-0.1, -0.05) is 91.0 Å². The number of ether oxygens (including phenoxy) is 1. The van der Waals surface area contributed by atoms with Crippen molar-refractivity contribution < 1.29 is 14.0 Å². The number of aromatic nitrogens is 1. The zero-order valence-corrected chi connectivity index (χ0v) is 24.1. The van der Waals surface area contributed by atoms with Crippen LogP contribution in [0.3, 0.4) is 0 Å². The van der Waals surface area contributed by atoms with E-state index < -0.39 is 23.7 Å². The molecule has 204 valence electrons. The summed E-state index contributed by atoms with van der Waals surface area (Å²) in [7, 11) is -0.548. The maximum absolute atomic E-state index is 6.88. The number of para-hydroxylation sites is 5. The van der Waals surface area contributed by atoms with E-state index in [1.54, 1.807) is 0 Å². The zero-order valence-electron chi connectivity index (χ0n) is 24.1. The Hall–Kier alpha value is -4.32. The van der Waals surface area contributed by atoms with Crippen molar-refractivity contribution in [2.24, 2.45) is 0 Å². The number of hydrogen-bond acceptors (Lipinski definition) is 3. The van der Waals surface area contributed by atoms with Crippen molar-refractivity contribution >= 4 is 34.4 Å². The number of fused-ring (bicyclic) bond motifs is 11. The Morgan fingerprint density at radius 3 is 2.02 bits per heavy atom. The molecule has 42 heavy (non-hydrogen) atoms. The second-order valence-electron chi connectivity index (χ2n) is 12.7. The fourth-order valence-corrected chi connectivity index (χ4v) is 7.52. The molecular weight excluding hydrogens is 517 g/mol. The highest BCUT2D eigenvalue weighted by molar-refractivity contribution is 6.63. The van der Waals surface area contributed by atoms with Gasteiger partial charge < -0.3 is 18.6 Å². The first kappa shape index (κ1) is 24.3. The second kappa shape index (κ2) is 7.94. The minimum atomic E-state index is -0.607. The van der Waals surface area contributed by atoms with Crippen LogP contribution in [0.5, 0.6) is 11.5 Å². The van der Waals surface area contributed by atoms with E-state index in [9.17, 15) is 0 Å². The molecule has 1 aromatic heterocycles. The smallest absolute Gasteiger partial charge is 0.457 e. The monoisotopic (exact) mass is 547 g/mol. The Balaban J connectivity index is 1.44. The van der Waals surface area contributed by atoms with Gasteiger partial charge in [0.1, 0.15) is 11.5 Å². The molecule has 6 aromatic rings. The van der Waals surface area contributed by atoms with Gasteiger partial charge >= 0.3 is 7.12 Å². The van der Waals surface area contributed by atoms with Gasteiger partial charge in [-0.15, -0.1) is 0 Å². The van der Waals surface area contributed by atoms with E-state index in [0.717, 1.165) is 28.1 Å². The summed E-state index contributed by atoms with van der Waals surface area (Å²) in [4.78, 5) is 0. The summed E-state index contributed by atoms with van der Waals surface area (Å²) in [6.07, 6.45) is 0. The lowest BCUT2D eigenvalue weighted by Gasteiger charge is -2.45. The molecule has 0 saturated carbocycles. The lowest BCUT2D eigenvalue weighted by molar-refractivity contribution is 0.00578. The third kappa shape index (κ3) is 2.81. The van der Waals surface area contributed by atoms with Gasteiger partial charge in [0.2, 0.25) is 0 Å². The Kier molecular flexibility index (Phi) is 4.60. The predicted molar refractivity (Wildman–Crippen MR) is 168 cm³/mol. The molecule has 0 aliphatic carbocycles. The summed E-state index contributed by atoms with van der Waals surface area (Å²) in [5.41, 5.74) is 7.74. The maximum atomic E-state index is 6.88. The Labute approximate surface area is 245 Å². The molecule has 1 unspecified atom stereocenters. The number of rotatable bonds is 1. The van der Waals surface area contributed by atoms with Crippen molar-refractivity contribution in [3.05, 3.63) is 131 Å². The number of hydrogen-bond donors (Lipinski definition) is 0. The highest BCUT2D eigenvalue weighted by Crippen LogP contribution is 2.60. The normalized spacial score (nSPS) is 20.8. The lowest BCUT2D eigenvalue weighted by Crippen LogP contribution is -2.42. The van der Waals surface area contributed by atoms with Crippen LogP contribution >= 0.6 is 0 Å². The topological polar surface area (TPSA) is 32.6 Å². The van der Waals surface area contributed by atoms with Gasteiger partial charge in [0, 0.05) is 27.4 Å². The minimum absolute atomic E-state index is 0.464. The van der Waals surface area contributed by atoms with Crippen LogP contribution < -0.4 is 10.2 Å². The molecule has 1 saturated heterocycles. The number of nitrogens with zero attached hydrogens (tertiary/aromatic N) is 1. The van der Waals surface area contributed by atoms with E-state index >= 15 is 0 Å². The van der Waals surface area contributed by atoms with Gasteiger partial charge in [-0.05, 0) is 57.0 Å². The first-order valence-corrected chi connectivity index (χ1v) is 14.7. The second-order valence-corrected chi connectivity index (χ2v) is 12.7. The summed E-state index contributed by atoms with van der Waals surface area (Å²) in [5, 5.41) is 2.51. The SMILES string of the molecule is CC1(C)OB(c2cccc3c2Oc2ccccc2C32c3ccccc3-n3c4ccccc4c4cccc2c43)OC1(C)C. The summed E-state index contributed by atoms with van der Waals surface area (Å²) >= 11 is 0. The first-order chi connectivity index (χ1) is 20.3. The van der Waals surface area contributed by atoms with Crippen molar-refractivity contribution in [1.82, 2.24) is 4.57 Å². The average molecular weight is 547 g/mol. The molecule has 5 heteroatoms. The quantitative estimate of drug-likeness (QED) is 0.196. The Bertz CT molecular complexity index is 2090. The average Bonchev–Trinajstić information content (AvgIpc) is 3.45. The molecule has 0 bridgehead atoms. The molecule has 0 N–H and O–H groups in total. The molecule has 9 rings (SSSR count). The van der Waals surface area contributed by atoms with Crippen LogP contribution in [-0.2, 0) is 14.7 Å². The van der Waals surface area contributed by atoms with Crippen LogP contribution in [0.25, 0.3) is 27.5 Å². The summed E-state index contributed by atoms with van der Waals surface area (Å²) in [5.74, 6) is 1.66. The fraction of sp³-hybridized carbons (Fsp3) is 0.189. The number of benzene rings is 5. The van der Waals surface area contributed by atoms with Gasteiger partial charge in [-0.3, -0.25) is 0 Å². The molecular formula is C37H30BNO3. The first-order valence-electron chi connectivity index (χ1n) is 14.7. The minimum Gasteiger partial charge on any atom is -0.457 e. The predicted octanol–water partition coefficient (Wildman–Crippen LogP) is 7.88. The molecule has 3 aliphatic rings. The van der Waals surface area contributed by atoms with Crippen LogP contribution in [0.1, 0.15) is 49.9 Å². The van der Waals surface area contributed by atoms with Gasteiger partial charge in [0.25, 0.3) is 0 Å². The van der Waals surface area contributed by atoms with Crippen molar-refractivity contribution in [3.8, 4) is 17.2 Å². The third-order valence-electron chi connectivity index (χ3n) is 10.1. The third-order valence-corrected chi connectivity index (χ3v) is 10.1. The van der Waals surface area contributed by atoms with Crippen molar-refractivity contribution in [2.75, 3.05) is 0 Å². The maximum Gasteiger partial charge on any atom is 0.498 e. The summed E-state index contributed by atoms with van der Waals surface area (Å²) in [6, 6.07) is 39.3. The van der Waals surface area contributed by atoms with Gasteiger partial charge in [-0.2, -0.15) is 0 Å². The van der Waals surface area contributed by atoms with Crippen LogP contribution in [0.4, 0.5) is 0 Å². The molecule has 1 atom stereocenters. The molecule has 0 radical (unpaired) electrons. The van der Waals surface area contributed by atoms with Gasteiger partial charge in [0.15, 0.2) is 0 Å². The zero-order chi connectivity index (χ0) is 28.4. The molecule has 1 spiro atoms. The van der Waals surface area contributed by atoms with Gasteiger partial charge in [0.05, 0.1) is 33.3 Å². The van der Waals surface area contributed by atoms with Crippen LogP contribution in [0.15, 0.2) is 109 Å². The summed E-state index contributed by atoms with van der Waals surface area (Å²) in [6.45, 7) is 8.38. The highest BCUT2D eigenvalue weighted by atomic mass is 16.7. The lowest BCUT2D eigenvalue weighted by atomic mass is 9.60. The Morgan fingerprint density at radius 1 is 0.571 bits per heavy atom. The van der Waals surface area contributed by atoms with Crippen LogP contribution in [0.2, 0.25) is 0 Å². The highest BCUT2D eigenvalue weighted by Gasteiger charge is 2.55. The molecule has 0 amide bonds. The molecule has 3 aliphatic heterocycles. The van der Waals surface area contributed by atoms with E-state index in [-0.39, 0.29) is 0 Å². The van der Waals surface area contributed by atoms with E-state index in [0.29, 0.717) is 0 Å². The van der Waals surface area contributed by atoms with Crippen molar-refractivity contribution in [3.63, 3.8) is 0 Å². The molecule has 5 aromatic carbocycles. The van der Waals surface area contributed by atoms with Crippen LogP contribution in [-0.4, -0.2) is 22.9 Å². The molecule has 4 heterocycles. The van der Waals surface area contributed by atoms with E-state index in [2.05, 4.69) is 141 Å². The Morgan fingerprint density at radius 2 is 1.19 bits per heavy atom. The van der Waals surface area contributed by atoms with Gasteiger partial charge in [-0.25, -0.2) is 0 Å². The fourth-order valence-electron chi connectivity index (χ4n) is 7.52. The standard InChI is InChI=1S/C37H30BNO3/c1-35(2)36(3,4)42-38(41-35)29-19-12-18-28-34(29)40-32-22-10-7-16-26(32)37(28)25-15-6-9-21-31(25)39-30-20-8-5-13-23(30)24-14-11-17-27(37)33(24)39/h5-22H,1-4H3. The molecule has 1 fully saturated rings.